The highest BCUT2D eigenvalue weighted by molar-refractivity contribution is 5.45. The average Bonchev–Trinajstić information content (AvgIpc) is 2.54. The van der Waals surface area contributed by atoms with Gasteiger partial charge in [-0.1, -0.05) is 31.0 Å². The third-order valence-electron chi connectivity index (χ3n) is 4.16. The molecule has 0 aliphatic heterocycles. The number of hydrogen-bond acceptors (Lipinski definition) is 5. The van der Waals surface area contributed by atoms with Gasteiger partial charge in [-0.2, -0.15) is 4.98 Å². The molecule has 0 aliphatic rings. The summed E-state index contributed by atoms with van der Waals surface area (Å²) in [6, 6.07) is 8.30. The summed E-state index contributed by atoms with van der Waals surface area (Å²) in [7, 11) is 0. The van der Waals surface area contributed by atoms with E-state index in [1.54, 1.807) is 0 Å². The van der Waals surface area contributed by atoms with E-state index in [2.05, 4.69) is 22.1 Å². The molecule has 2 rings (SSSR count). The van der Waals surface area contributed by atoms with Gasteiger partial charge in [0.25, 0.3) is 0 Å². The summed E-state index contributed by atoms with van der Waals surface area (Å²) in [5.41, 5.74) is 14.8. The second-order valence-corrected chi connectivity index (χ2v) is 5.99. The smallest absolute Gasteiger partial charge is 0.222 e. The second kappa shape index (κ2) is 9.11. The number of anilines is 2. The van der Waals surface area contributed by atoms with Crippen molar-refractivity contribution in [1.29, 1.82) is 0 Å². The van der Waals surface area contributed by atoms with E-state index in [-0.39, 0.29) is 5.95 Å². The lowest BCUT2D eigenvalue weighted by Crippen LogP contribution is -2.07. The van der Waals surface area contributed by atoms with Crippen molar-refractivity contribution in [3.8, 4) is 5.75 Å². The highest BCUT2D eigenvalue weighted by atomic mass is 16.5. The van der Waals surface area contributed by atoms with Crippen molar-refractivity contribution >= 4 is 11.8 Å². The second-order valence-electron chi connectivity index (χ2n) is 5.99. The van der Waals surface area contributed by atoms with Crippen molar-refractivity contribution in [2.24, 2.45) is 0 Å². The molecule has 0 spiro atoms. The van der Waals surface area contributed by atoms with E-state index in [1.165, 1.54) is 18.4 Å². The van der Waals surface area contributed by atoms with E-state index >= 15 is 0 Å². The molecule has 2 aromatic rings. The van der Waals surface area contributed by atoms with E-state index in [1.807, 2.05) is 26.0 Å². The molecule has 4 N–H and O–H groups in total. The number of para-hydroxylation sites is 1. The quantitative estimate of drug-likeness (QED) is 0.685. The predicted molar refractivity (Wildman–Crippen MR) is 99.1 cm³/mol. The van der Waals surface area contributed by atoms with Crippen LogP contribution >= 0.6 is 0 Å². The molecule has 0 fully saturated rings. The first-order chi connectivity index (χ1) is 11.6. The molecule has 0 radical (unpaired) electrons. The number of nitrogens with two attached hydrogens (primary N) is 2. The minimum atomic E-state index is 0.252. The molecule has 0 amide bonds. The van der Waals surface area contributed by atoms with Crippen LogP contribution in [-0.4, -0.2) is 16.6 Å². The molecule has 1 aromatic heterocycles. The summed E-state index contributed by atoms with van der Waals surface area (Å²) in [6.07, 6.45) is 6.58. The van der Waals surface area contributed by atoms with E-state index < -0.39 is 0 Å². The molecule has 1 heterocycles. The van der Waals surface area contributed by atoms with Crippen molar-refractivity contribution in [2.45, 2.75) is 52.4 Å². The van der Waals surface area contributed by atoms with Gasteiger partial charge in [-0.05, 0) is 51.2 Å². The molecule has 0 aliphatic carbocycles. The van der Waals surface area contributed by atoms with Crippen LogP contribution in [0.15, 0.2) is 24.3 Å². The van der Waals surface area contributed by atoms with E-state index in [9.17, 15) is 0 Å². The molecule has 24 heavy (non-hydrogen) atoms. The maximum absolute atomic E-state index is 5.94. The number of nitrogens with zero attached hydrogens (tertiary/aromatic N) is 2. The Bertz CT molecular complexity index is 635. The summed E-state index contributed by atoms with van der Waals surface area (Å²) in [4.78, 5) is 8.24. The Morgan fingerprint density at radius 2 is 1.67 bits per heavy atom. The number of benzene rings is 1. The lowest BCUT2D eigenvalue weighted by molar-refractivity contribution is 0.336. The molecular weight excluding hydrogens is 300 g/mol. The summed E-state index contributed by atoms with van der Waals surface area (Å²) < 4.78 is 5.67. The van der Waals surface area contributed by atoms with Crippen LogP contribution in [0.25, 0.3) is 0 Å². The normalized spacial score (nSPS) is 10.8. The van der Waals surface area contributed by atoms with Crippen molar-refractivity contribution in [2.75, 3.05) is 18.1 Å². The maximum Gasteiger partial charge on any atom is 0.222 e. The zero-order valence-electron chi connectivity index (χ0n) is 14.7. The van der Waals surface area contributed by atoms with Gasteiger partial charge in [0.05, 0.1) is 6.61 Å². The summed E-state index contributed by atoms with van der Waals surface area (Å²) in [6.45, 7) is 4.67. The predicted octanol–water partition coefficient (Wildman–Crippen LogP) is 3.69. The number of aromatic nitrogens is 2. The van der Waals surface area contributed by atoms with Crippen LogP contribution in [0.1, 0.15) is 49.4 Å². The van der Waals surface area contributed by atoms with E-state index in [4.69, 9.17) is 16.2 Å². The van der Waals surface area contributed by atoms with Gasteiger partial charge in [-0.3, -0.25) is 0 Å². The van der Waals surface area contributed by atoms with Gasteiger partial charge in [-0.25, -0.2) is 4.98 Å². The van der Waals surface area contributed by atoms with Crippen molar-refractivity contribution in [3.63, 3.8) is 0 Å². The Morgan fingerprint density at radius 1 is 0.958 bits per heavy atom. The van der Waals surface area contributed by atoms with Crippen LogP contribution in [0.5, 0.6) is 5.75 Å². The van der Waals surface area contributed by atoms with Gasteiger partial charge in [-0.15, -0.1) is 0 Å². The summed E-state index contributed by atoms with van der Waals surface area (Å²) in [5.74, 6) is 1.79. The molecule has 130 valence electrons. The number of ether oxygens (including phenoxy) is 1. The number of aryl methyl sites for hydroxylation is 2. The fraction of sp³-hybridized carbons (Fsp3) is 0.474. The van der Waals surface area contributed by atoms with Gasteiger partial charge < -0.3 is 16.2 Å². The number of unbranched alkanes of at least 4 members (excludes halogenated alkanes) is 3. The van der Waals surface area contributed by atoms with Crippen molar-refractivity contribution < 1.29 is 4.74 Å². The standard InChI is InChI=1S/C19H28N4O/c1-3-24-17-13-9-8-11-15(17)10-6-4-5-7-12-16-14(2)22-19(21)23-18(16)20/h8-9,11,13H,3-7,10,12H2,1-2H3,(H4,20,21,22,23). The number of rotatable bonds is 9. The van der Waals surface area contributed by atoms with Gasteiger partial charge in [0.1, 0.15) is 11.6 Å². The molecule has 5 nitrogen and oxygen atoms in total. The Kier molecular flexibility index (Phi) is 6.85. The monoisotopic (exact) mass is 328 g/mol. The molecular formula is C19H28N4O. The van der Waals surface area contributed by atoms with Crippen LogP contribution in [0.4, 0.5) is 11.8 Å². The third kappa shape index (κ3) is 5.11. The summed E-state index contributed by atoms with van der Waals surface area (Å²) in [5, 5.41) is 0. The Labute approximate surface area is 144 Å². The molecule has 5 heteroatoms. The first-order valence-corrected chi connectivity index (χ1v) is 8.71. The Balaban J connectivity index is 1.73. The van der Waals surface area contributed by atoms with Crippen LogP contribution in [0.2, 0.25) is 0 Å². The number of nitrogen functional groups attached to an aromatic ring is 2. The summed E-state index contributed by atoms with van der Waals surface area (Å²) >= 11 is 0. The maximum atomic E-state index is 5.94. The first kappa shape index (κ1) is 18.0. The van der Waals surface area contributed by atoms with Crippen molar-refractivity contribution in [1.82, 2.24) is 9.97 Å². The highest BCUT2D eigenvalue weighted by Gasteiger charge is 2.07. The number of hydrogen-bond donors (Lipinski definition) is 2. The van der Waals surface area contributed by atoms with Gasteiger partial charge in [0.15, 0.2) is 0 Å². The molecule has 0 saturated carbocycles. The van der Waals surface area contributed by atoms with E-state index in [0.29, 0.717) is 12.4 Å². The SMILES string of the molecule is CCOc1ccccc1CCCCCCc1c(C)nc(N)nc1N. The minimum absolute atomic E-state index is 0.252. The molecule has 0 atom stereocenters. The van der Waals surface area contributed by atoms with Crippen LogP contribution in [0, 0.1) is 6.92 Å². The fourth-order valence-electron chi connectivity index (χ4n) is 2.93. The van der Waals surface area contributed by atoms with Crippen LogP contribution < -0.4 is 16.2 Å². The lowest BCUT2D eigenvalue weighted by atomic mass is 10.0. The van der Waals surface area contributed by atoms with Gasteiger partial charge in [0, 0.05) is 11.3 Å². The minimum Gasteiger partial charge on any atom is -0.494 e. The molecule has 1 aromatic carbocycles. The average molecular weight is 328 g/mol. The van der Waals surface area contributed by atoms with Gasteiger partial charge >= 0.3 is 0 Å². The Morgan fingerprint density at radius 3 is 2.38 bits per heavy atom. The first-order valence-electron chi connectivity index (χ1n) is 8.71. The molecule has 0 unspecified atom stereocenters. The molecule has 0 saturated heterocycles. The fourth-order valence-corrected chi connectivity index (χ4v) is 2.93. The highest BCUT2D eigenvalue weighted by Crippen LogP contribution is 2.21. The van der Waals surface area contributed by atoms with E-state index in [0.717, 1.165) is 42.7 Å². The van der Waals surface area contributed by atoms with Crippen LogP contribution in [0.3, 0.4) is 0 Å². The lowest BCUT2D eigenvalue weighted by Gasteiger charge is -2.10. The largest absolute Gasteiger partial charge is 0.494 e. The van der Waals surface area contributed by atoms with Crippen LogP contribution in [-0.2, 0) is 12.8 Å². The zero-order valence-corrected chi connectivity index (χ0v) is 14.7. The topological polar surface area (TPSA) is 87.0 Å². The Hall–Kier alpha value is -2.30. The zero-order chi connectivity index (χ0) is 17.4. The molecule has 0 bridgehead atoms. The van der Waals surface area contributed by atoms with Gasteiger partial charge in [0.2, 0.25) is 5.95 Å². The third-order valence-corrected chi connectivity index (χ3v) is 4.16. The van der Waals surface area contributed by atoms with Crippen molar-refractivity contribution in [3.05, 3.63) is 41.1 Å².